The highest BCUT2D eigenvalue weighted by molar-refractivity contribution is 7.99. The van der Waals surface area contributed by atoms with Crippen molar-refractivity contribution in [1.29, 1.82) is 0 Å². The Labute approximate surface area is 131 Å². The lowest BCUT2D eigenvalue weighted by Crippen LogP contribution is -2.14. The third-order valence-corrected chi connectivity index (χ3v) is 3.83. The Morgan fingerprint density at radius 2 is 1.68 bits per heavy atom. The van der Waals surface area contributed by atoms with E-state index in [-0.39, 0.29) is 23.0 Å². The Balaban J connectivity index is 1.77. The second-order valence-electron chi connectivity index (χ2n) is 4.55. The fourth-order valence-corrected chi connectivity index (χ4v) is 2.52. The van der Waals surface area contributed by atoms with Gasteiger partial charge in [0.1, 0.15) is 5.82 Å². The maximum Gasteiger partial charge on any atom is 0.335 e. The zero-order valence-corrected chi connectivity index (χ0v) is 12.4. The maximum atomic E-state index is 12.8. The molecule has 22 heavy (non-hydrogen) atoms. The van der Waals surface area contributed by atoms with E-state index in [0.717, 1.165) is 5.56 Å². The number of hydrogen-bond donors (Lipinski definition) is 2. The Bertz CT molecular complexity index is 656. The third kappa shape index (κ3) is 4.89. The van der Waals surface area contributed by atoms with E-state index < -0.39 is 5.97 Å². The molecule has 2 rings (SSSR count). The van der Waals surface area contributed by atoms with Crippen LogP contribution in [0.4, 0.5) is 10.1 Å². The molecule has 0 saturated carbocycles. The number of hydrogen-bond acceptors (Lipinski definition) is 3. The minimum atomic E-state index is -1.01. The summed E-state index contributed by atoms with van der Waals surface area (Å²) in [6, 6.07) is 12.1. The van der Waals surface area contributed by atoms with E-state index in [9.17, 15) is 14.0 Å². The molecule has 4 nitrogen and oxygen atoms in total. The number of thioether (sulfide) groups is 1. The molecule has 0 radical (unpaired) electrons. The summed E-state index contributed by atoms with van der Waals surface area (Å²) in [5, 5.41) is 11.5. The van der Waals surface area contributed by atoms with Gasteiger partial charge in [-0.05, 0) is 42.0 Å². The van der Waals surface area contributed by atoms with E-state index in [4.69, 9.17) is 5.11 Å². The maximum absolute atomic E-state index is 12.8. The first-order valence-electron chi connectivity index (χ1n) is 6.50. The number of nitrogens with one attached hydrogen (secondary N) is 1. The SMILES string of the molecule is O=C(CSCc1ccc(F)cc1)Nc1ccc(C(=O)O)cc1. The van der Waals surface area contributed by atoms with Crippen LogP contribution in [0.15, 0.2) is 48.5 Å². The lowest BCUT2D eigenvalue weighted by molar-refractivity contribution is -0.113. The number of rotatable bonds is 6. The zero-order chi connectivity index (χ0) is 15.9. The fraction of sp³-hybridized carbons (Fsp3) is 0.125. The van der Waals surface area contributed by atoms with Crippen LogP contribution in [0.2, 0.25) is 0 Å². The van der Waals surface area contributed by atoms with Gasteiger partial charge in [0.05, 0.1) is 11.3 Å². The largest absolute Gasteiger partial charge is 0.478 e. The number of carbonyl (C=O) groups excluding carboxylic acids is 1. The van der Waals surface area contributed by atoms with E-state index in [1.807, 2.05) is 0 Å². The summed E-state index contributed by atoms with van der Waals surface area (Å²) in [4.78, 5) is 22.5. The van der Waals surface area contributed by atoms with Gasteiger partial charge in [0.15, 0.2) is 0 Å². The molecule has 0 fully saturated rings. The molecule has 0 aromatic heterocycles. The van der Waals surface area contributed by atoms with Crippen molar-refractivity contribution in [2.24, 2.45) is 0 Å². The predicted octanol–water partition coefficient (Wildman–Crippen LogP) is 3.40. The van der Waals surface area contributed by atoms with Crippen molar-refractivity contribution in [3.63, 3.8) is 0 Å². The number of carbonyl (C=O) groups is 2. The summed E-state index contributed by atoms with van der Waals surface area (Å²) in [5.74, 6) is -0.580. The van der Waals surface area contributed by atoms with Crippen LogP contribution in [0.25, 0.3) is 0 Å². The minimum absolute atomic E-state index is 0.170. The molecular formula is C16H14FNO3S. The van der Waals surface area contributed by atoms with Gasteiger partial charge >= 0.3 is 5.97 Å². The summed E-state index contributed by atoms with van der Waals surface area (Å²) in [6.45, 7) is 0. The molecule has 2 N–H and O–H groups in total. The van der Waals surface area contributed by atoms with Gasteiger partial charge in [0.25, 0.3) is 0 Å². The molecule has 0 unspecified atom stereocenters. The smallest absolute Gasteiger partial charge is 0.335 e. The summed E-state index contributed by atoms with van der Waals surface area (Å²) in [5.41, 5.74) is 1.67. The lowest BCUT2D eigenvalue weighted by atomic mass is 10.2. The van der Waals surface area contributed by atoms with Crippen molar-refractivity contribution in [3.8, 4) is 0 Å². The fourth-order valence-electron chi connectivity index (χ4n) is 1.74. The van der Waals surface area contributed by atoms with Gasteiger partial charge in [0, 0.05) is 11.4 Å². The first-order chi connectivity index (χ1) is 10.5. The Kier molecular flexibility index (Phi) is 5.55. The number of carboxylic acid groups (broad SMARTS) is 1. The molecule has 2 aromatic carbocycles. The van der Waals surface area contributed by atoms with Crippen molar-refractivity contribution < 1.29 is 19.1 Å². The van der Waals surface area contributed by atoms with Crippen LogP contribution in [0.3, 0.4) is 0 Å². The highest BCUT2D eigenvalue weighted by atomic mass is 32.2. The number of anilines is 1. The van der Waals surface area contributed by atoms with Gasteiger partial charge in [-0.3, -0.25) is 4.79 Å². The monoisotopic (exact) mass is 319 g/mol. The van der Waals surface area contributed by atoms with Crippen molar-refractivity contribution in [3.05, 3.63) is 65.5 Å². The Hall–Kier alpha value is -2.34. The van der Waals surface area contributed by atoms with Crippen LogP contribution in [0.5, 0.6) is 0 Å². The molecule has 6 heteroatoms. The van der Waals surface area contributed by atoms with Crippen LogP contribution in [-0.2, 0) is 10.5 Å². The van der Waals surface area contributed by atoms with E-state index in [1.165, 1.54) is 36.0 Å². The van der Waals surface area contributed by atoms with E-state index in [1.54, 1.807) is 24.3 Å². The van der Waals surface area contributed by atoms with Gasteiger partial charge < -0.3 is 10.4 Å². The van der Waals surface area contributed by atoms with Gasteiger partial charge in [-0.25, -0.2) is 9.18 Å². The molecule has 0 bridgehead atoms. The normalized spacial score (nSPS) is 10.2. The summed E-state index contributed by atoms with van der Waals surface area (Å²) >= 11 is 1.42. The van der Waals surface area contributed by atoms with Crippen LogP contribution in [0.1, 0.15) is 15.9 Å². The molecule has 0 atom stereocenters. The number of benzene rings is 2. The average molecular weight is 319 g/mol. The highest BCUT2D eigenvalue weighted by Crippen LogP contribution is 2.14. The molecule has 2 aromatic rings. The molecular weight excluding hydrogens is 305 g/mol. The number of carboxylic acids is 1. The van der Waals surface area contributed by atoms with E-state index in [2.05, 4.69) is 5.32 Å². The summed E-state index contributed by atoms with van der Waals surface area (Å²) < 4.78 is 12.8. The standard InChI is InChI=1S/C16H14FNO3S/c17-13-5-1-11(2-6-13)9-22-10-15(19)18-14-7-3-12(4-8-14)16(20)21/h1-8H,9-10H2,(H,18,19)(H,20,21). The molecule has 0 saturated heterocycles. The Morgan fingerprint density at radius 1 is 1.05 bits per heavy atom. The second-order valence-corrected chi connectivity index (χ2v) is 5.54. The topological polar surface area (TPSA) is 66.4 Å². The minimum Gasteiger partial charge on any atom is -0.478 e. The van der Waals surface area contributed by atoms with Gasteiger partial charge in [-0.15, -0.1) is 11.8 Å². The predicted molar refractivity (Wildman–Crippen MR) is 84.6 cm³/mol. The number of amides is 1. The molecule has 0 aliphatic carbocycles. The zero-order valence-electron chi connectivity index (χ0n) is 11.6. The van der Waals surface area contributed by atoms with Crippen LogP contribution in [-0.4, -0.2) is 22.7 Å². The molecule has 0 heterocycles. The lowest BCUT2D eigenvalue weighted by Gasteiger charge is -2.06. The van der Waals surface area contributed by atoms with E-state index >= 15 is 0 Å². The highest BCUT2D eigenvalue weighted by Gasteiger charge is 2.05. The van der Waals surface area contributed by atoms with Crippen molar-refractivity contribution in [2.45, 2.75) is 5.75 Å². The molecule has 1 amide bonds. The van der Waals surface area contributed by atoms with Gasteiger partial charge in [-0.2, -0.15) is 0 Å². The Morgan fingerprint density at radius 3 is 2.27 bits per heavy atom. The first kappa shape index (κ1) is 16.0. The van der Waals surface area contributed by atoms with Crippen molar-refractivity contribution >= 4 is 29.3 Å². The average Bonchev–Trinajstić information content (AvgIpc) is 2.50. The molecule has 0 aliphatic rings. The molecule has 114 valence electrons. The molecule has 0 aliphatic heterocycles. The molecule has 0 spiro atoms. The van der Waals surface area contributed by atoms with Crippen LogP contribution < -0.4 is 5.32 Å². The van der Waals surface area contributed by atoms with Gasteiger partial charge in [0.2, 0.25) is 5.91 Å². The van der Waals surface area contributed by atoms with Gasteiger partial charge in [-0.1, -0.05) is 12.1 Å². The number of halogens is 1. The first-order valence-corrected chi connectivity index (χ1v) is 7.65. The van der Waals surface area contributed by atoms with Crippen molar-refractivity contribution in [2.75, 3.05) is 11.1 Å². The van der Waals surface area contributed by atoms with Crippen molar-refractivity contribution in [1.82, 2.24) is 0 Å². The quantitative estimate of drug-likeness (QED) is 0.856. The second kappa shape index (κ2) is 7.61. The third-order valence-electron chi connectivity index (χ3n) is 2.83. The van der Waals surface area contributed by atoms with Crippen LogP contribution in [0, 0.1) is 5.82 Å². The van der Waals surface area contributed by atoms with Crippen LogP contribution >= 0.6 is 11.8 Å². The summed E-state index contributed by atoms with van der Waals surface area (Å²) in [6.07, 6.45) is 0. The summed E-state index contributed by atoms with van der Waals surface area (Å²) in [7, 11) is 0. The van der Waals surface area contributed by atoms with E-state index in [0.29, 0.717) is 11.4 Å². The number of aromatic carboxylic acids is 1.